The number of halogens is 1. The molecule has 30 heavy (non-hydrogen) atoms. The largest absolute Gasteiger partial charge is 0.495 e. The third-order valence-corrected chi connectivity index (χ3v) is 6.15. The second-order valence-electron chi connectivity index (χ2n) is 7.65. The normalized spacial score (nSPS) is 13.6. The van der Waals surface area contributed by atoms with Gasteiger partial charge in [-0.1, -0.05) is 55.8 Å². The molecule has 164 valence electrons. The van der Waals surface area contributed by atoms with E-state index in [0.717, 1.165) is 22.5 Å². The van der Waals surface area contributed by atoms with Crippen molar-refractivity contribution in [2.24, 2.45) is 5.92 Å². The highest BCUT2D eigenvalue weighted by molar-refractivity contribution is 7.92. The lowest BCUT2D eigenvalue weighted by Gasteiger charge is -2.31. The molecule has 0 aliphatic heterocycles. The van der Waals surface area contributed by atoms with Gasteiger partial charge in [0.05, 0.1) is 25.1 Å². The van der Waals surface area contributed by atoms with Crippen molar-refractivity contribution in [1.29, 1.82) is 0 Å². The smallest absolute Gasteiger partial charge is 0.244 e. The fraction of sp³-hybridized carbons (Fsp3) is 0.409. The number of methoxy groups -OCH3 is 1. The standard InChI is InChI=1S/C22H29ClN2O4S/c1-15(2)13-19(17-9-7-6-8-10-17)24-22(26)16(3)25(30(5,27)28)20-14-18(23)11-12-21(20)29-4/h6-12,14-16,19H,13H2,1-5H3,(H,24,26)/t16-,19-/m1/s1. The van der Waals surface area contributed by atoms with Crippen LogP contribution in [0.2, 0.25) is 5.02 Å². The summed E-state index contributed by atoms with van der Waals surface area (Å²) in [6, 6.07) is 13.1. The lowest BCUT2D eigenvalue weighted by atomic mass is 9.96. The van der Waals surface area contributed by atoms with Gasteiger partial charge in [0.15, 0.2) is 0 Å². The first-order chi connectivity index (χ1) is 14.0. The molecular formula is C22H29ClN2O4S. The van der Waals surface area contributed by atoms with Gasteiger partial charge in [0.25, 0.3) is 0 Å². The highest BCUT2D eigenvalue weighted by Crippen LogP contribution is 2.34. The van der Waals surface area contributed by atoms with Crippen LogP contribution in [-0.4, -0.2) is 33.7 Å². The number of amides is 1. The van der Waals surface area contributed by atoms with Crippen molar-refractivity contribution in [3.8, 4) is 5.75 Å². The molecule has 8 heteroatoms. The highest BCUT2D eigenvalue weighted by atomic mass is 35.5. The van der Waals surface area contributed by atoms with Gasteiger partial charge in [-0.25, -0.2) is 8.42 Å². The number of carbonyl (C=O) groups is 1. The van der Waals surface area contributed by atoms with Crippen LogP contribution in [-0.2, 0) is 14.8 Å². The molecule has 0 unspecified atom stereocenters. The third-order valence-electron chi connectivity index (χ3n) is 4.69. The van der Waals surface area contributed by atoms with E-state index in [2.05, 4.69) is 19.2 Å². The topological polar surface area (TPSA) is 75.7 Å². The van der Waals surface area contributed by atoms with Crippen molar-refractivity contribution >= 4 is 33.2 Å². The summed E-state index contributed by atoms with van der Waals surface area (Å²) in [7, 11) is -2.36. The van der Waals surface area contributed by atoms with Crippen molar-refractivity contribution in [2.75, 3.05) is 17.7 Å². The summed E-state index contributed by atoms with van der Waals surface area (Å²) in [4.78, 5) is 13.2. The average Bonchev–Trinajstić information content (AvgIpc) is 2.67. The zero-order valence-corrected chi connectivity index (χ0v) is 19.5. The molecule has 2 aromatic carbocycles. The van der Waals surface area contributed by atoms with Crippen molar-refractivity contribution in [3.63, 3.8) is 0 Å². The molecule has 0 fully saturated rings. The first-order valence-electron chi connectivity index (χ1n) is 9.72. The van der Waals surface area contributed by atoms with E-state index in [9.17, 15) is 13.2 Å². The molecule has 1 N–H and O–H groups in total. The molecular weight excluding hydrogens is 424 g/mol. The maximum absolute atomic E-state index is 13.2. The lowest BCUT2D eigenvalue weighted by molar-refractivity contribution is -0.122. The van der Waals surface area contributed by atoms with Crippen LogP contribution in [0, 0.1) is 5.92 Å². The van der Waals surface area contributed by atoms with Crippen LogP contribution < -0.4 is 14.4 Å². The van der Waals surface area contributed by atoms with Crippen LogP contribution in [0.5, 0.6) is 5.75 Å². The zero-order chi connectivity index (χ0) is 22.5. The number of benzene rings is 2. The number of carbonyl (C=O) groups excluding carboxylic acids is 1. The number of nitrogens with zero attached hydrogens (tertiary/aromatic N) is 1. The van der Waals surface area contributed by atoms with Gasteiger partial charge in [0.1, 0.15) is 11.8 Å². The SMILES string of the molecule is COc1ccc(Cl)cc1N([C@H](C)C(=O)N[C@H](CC(C)C)c1ccccc1)S(C)(=O)=O. The molecule has 0 bridgehead atoms. The second-order valence-corrected chi connectivity index (χ2v) is 9.95. The van der Waals surface area contributed by atoms with Crippen molar-refractivity contribution < 1.29 is 17.9 Å². The molecule has 0 heterocycles. The molecule has 2 atom stereocenters. The number of nitrogens with one attached hydrogen (secondary N) is 1. The predicted molar refractivity (Wildman–Crippen MR) is 122 cm³/mol. The number of ether oxygens (including phenoxy) is 1. The average molecular weight is 453 g/mol. The summed E-state index contributed by atoms with van der Waals surface area (Å²) in [6.07, 6.45) is 1.78. The first kappa shape index (κ1) is 24.0. The van der Waals surface area contributed by atoms with E-state index in [1.807, 2.05) is 30.3 Å². The number of hydrogen-bond acceptors (Lipinski definition) is 4. The van der Waals surface area contributed by atoms with Crippen LogP contribution in [0.15, 0.2) is 48.5 Å². The summed E-state index contributed by atoms with van der Waals surface area (Å²) < 4.78 is 31.6. The van der Waals surface area contributed by atoms with Crippen molar-refractivity contribution in [2.45, 2.75) is 39.3 Å². The Hall–Kier alpha value is -2.25. The van der Waals surface area contributed by atoms with E-state index >= 15 is 0 Å². The van der Waals surface area contributed by atoms with Crippen LogP contribution in [0.1, 0.15) is 38.8 Å². The minimum atomic E-state index is -3.80. The van der Waals surface area contributed by atoms with Gasteiger partial charge in [-0.15, -0.1) is 0 Å². The molecule has 0 radical (unpaired) electrons. The third kappa shape index (κ3) is 6.12. The van der Waals surface area contributed by atoms with Gasteiger partial charge in [-0.2, -0.15) is 0 Å². The maximum Gasteiger partial charge on any atom is 0.244 e. The minimum Gasteiger partial charge on any atom is -0.495 e. The fourth-order valence-electron chi connectivity index (χ4n) is 3.34. The number of anilines is 1. The molecule has 1 amide bonds. The van der Waals surface area contributed by atoms with Gasteiger partial charge in [0.2, 0.25) is 15.9 Å². The van der Waals surface area contributed by atoms with Gasteiger partial charge in [-0.05, 0) is 43.0 Å². The monoisotopic (exact) mass is 452 g/mol. The maximum atomic E-state index is 13.2. The molecule has 0 saturated carbocycles. The van der Waals surface area contributed by atoms with Gasteiger partial charge in [0, 0.05) is 5.02 Å². The first-order valence-corrected chi connectivity index (χ1v) is 12.0. The van der Waals surface area contributed by atoms with E-state index < -0.39 is 22.0 Å². The molecule has 2 aromatic rings. The Morgan fingerprint density at radius 2 is 1.77 bits per heavy atom. The molecule has 0 spiro atoms. The molecule has 6 nitrogen and oxygen atoms in total. The van der Waals surface area contributed by atoms with E-state index in [0.29, 0.717) is 16.7 Å². The van der Waals surface area contributed by atoms with Gasteiger partial charge < -0.3 is 10.1 Å². The van der Waals surface area contributed by atoms with Gasteiger partial charge >= 0.3 is 0 Å². The van der Waals surface area contributed by atoms with Crippen molar-refractivity contribution in [3.05, 3.63) is 59.1 Å². The molecule has 0 aromatic heterocycles. The van der Waals surface area contributed by atoms with Crippen LogP contribution in [0.3, 0.4) is 0 Å². The summed E-state index contributed by atoms with van der Waals surface area (Å²) in [5.74, 6) is 0.244. The summed E-state index contributed by atoms with van der Waals surface area (Å²) in [5.41, 5.74) is 1.19. The summed E-state index contributed by atoms with van der Waals surface area (Å²) in [6.45, 7) is 5.70. The van der Waals surface area contributed by atoms with E-state index in [1.54, 1.807) is 19.1 Å². The molecule has 2 rings (SSSR count). The van der Waals surface area contributed by atoms with Crippen LogP contribution in [0.4, 0.5) is 5.69 Å². The Labute approximate surface area is 184 Å². The number of rotatable bonds is 9. The fourth-order valence-corrected chi connectivity index (χ4v) is 4.68. The van der Waals surface area contributed by atoms with Gasteiger partial charge in [-0.3, -0.25) is 9.10 Å². The Bertz CT molecular complexity index is 964. The lowest BCUT2D eigenvalue weighted by Crippen LogP contribution is -2.48. The second kappa shape index (κ2) is 10.2. The molecule has 0 saturated heterocycles. The quantitative estimate of drug-likeness (QED) is 0.611. The van der Waals surface area contributed by atoms with E-state index in [1.165, 1.54) is 13.2 Å². The van der Waals surface area contributed by atoms with Crippen molar-refractivity contribution in [1.82, 2.24) is 5.32 Å². The van der Waals surface area contributed by atoms with Crippen LogP contribution in [0.25, 0.3) is 0 Å². The Morgan fingerprint density at radius 1 is 1.13 bits per heavy atom. The Morgan fingerprint density at radius 3 is 2.30 bits per heavy atom. The molecule has 0 aliphatic carbocycles. The summed E-state index contributed by atoms with van der Waals surface area (Å²) in [5, 5.41) is 3.36. The highest BCUT2D eigenvalue weighted by Gasteiger charge is 2.32. The van der Waals surface area contributed by atoms with E-state index in [-0.39, 0.29) is 11.7 Å². The minimum absolute atomic E-state index is 0.218. The van der Waals surface area contributed by atoms with Crippen LogP contribution >= 0.6 is 11.6 Å². The predicted octanol–water partition coefficient (Wildman–Crippen LogP) is 4.41. The summed E-state index contributed by atoms with van der Waals surface area (Å²) >= 11 is 6.10. The van der Waals surface area contributed by atoms with E-state index in [4.69, 9.17) is 16.3 Å². The Balaban J connectivity index is 2.39. The Kier molecular flexibility index (Phi) is 8.15. The zero-order valence-electron chi connectivity index (χ0n) is 17.9. The number of hydrogen-bond donors (Lipinski definition) is 1. The number of sulfonamides is 1. The molecule has 0 aliphatic rings.